The van der Waals surface area contributed by atoms with Crippen LogP contribution in [0.2, 0.25) is 0 Å². The molecule has 0 saturated carbocycles. The van der Waals surface area contributed by atoms with Gasteiger partial charge in [-0.1, -0.05) is 29.8 Å². The van der Waals surface area contributed by atoms with Crippen molar-refractivity contribution in [1.82, 2.24) is 14.7 Å². The number of carbonyl (C=O) groups excluding carboxylic acids is 2. The third-order valence-electron chi connectivity index (χ3n) is 7.18. The van der Waals surface area contributed by atoms with Gasteiger partial charge in [0.05, 0.1) is 6.10 Å². The van der Waals surface area contributed by atoms with Crippen LogP contribution in [0.25, 0.3) is 0 Å². The second-order valence-electron chi connectivity index (χ2n) is 9.52. The van der Waals surface area contributed by atoms with E-state index in [-0.39, 0.29) is 23.3 Å². The Kier molecular flexibility index (Phi) is 6.44. The number of hydrogen-bond acceptors (Lipinski definition) is 4. The lowest BCUT2D eigenvalue weighted by Gasteiger charge is -2.51. The molecule has 1 aromatic carbocycles. The lowest BCUT2D eigenvalue weighted by Crippen LogP contribution is -2.59. The number of aliphatic hydroxyl groups is 1. The fraction of sp³-hybridized carbons (Fsp3) is 0.667. The molecule has 0 aliphatic carbocycles. The number of piperidine rings is 2. The Balaban J connectivity index is 1.37. The number of hydrogen-bond donors (Lipinski definition) is 1. The molecule has 0 unspecified atom stereocenters. The van der Waals surface area contributed by atoms with Gasteiger partial charge in [-0.05, 0) is 38.2 Å². The van der Waals surface area contributed by atoms with Crippen molar-refractivity contribution in [3.05, 3.63) is 35.4 Å². The van der Waals surface area contributed by atoms with Crippen molar-refractivity contribution in [2.45, 2.75) is 58.1 Å². The van der Waals surface area contributed by atoms with E-state index in [0.717, 1.165) is 58.4 Å². The molecule has 1 spiro atoms. The zero-order chi connectivity index (χ0) is 21.1. The molecule has 3 aliphatic rings. The fourth-order valence-corrected chi connectivity index (χ4v) is 5.55. The van der Waals surface area contributed by atoms with Crippen molar-refractivity contribution in [3.8, 4) is 0 Å². The molecule has 30 heavy (non-hydrogen) atoms. The summed E-state index contributed by atoms with van der Waals surface area (Å²) in [4.78, 5) is 30.9. The van der Waals surface area contributed by atoms with Gasteiger partial charge < -0.3 is 14.9 Å². The van der Waals surface area contributed by atoms with Crippen molar-refractivity contribution in [3.63, 3.8) is 0 Å². The van der Waals surface area contributed by atoms with E-state index in [0.29, 0.717) is 25.9 Å². The lowest BCUT2D eigenvalue weighted by atomic mass is 9.71. The molecule has 0 aromatic heterocycles. The fourth-order valence-electron chi connectivity index (χ4n) is 5.55. The van der Waals surface area contributed by atoms with Crippen LogP contribution in [0, 0.1) is 12.3 Å². The van der Waals surface area contributed by atoms with E-state index in [2.05, 4.69) is 36.1 Å². The van der Waals surface area contributed by atoms with E-state index < -0.39 is 0 Å². The predicted octanol–water partition coefficient (Wildman–Crippen LogP) is 2.18. The third-order valence-corrected chi connectivity index (χ3v) is 7.18. The smallest absolute Gasteiger partial charge is 0.224 e. The summed E-state index contributed by atoms with van der Waals surface area (Å²) in [5, 5.41) is 10.9. The number of carbonyl (C=O) groups is 2. The Labute approximate surface area is 179 Å². The van der Waals surface area contributed by atoms with Crippen molar-refractivity contribution in [1.29, 1.82) is 0 Å². The van der Waals surface area contributed by atoms with Crippen LogP contribution in [0.3, 0.4) is 0 Å². The summed E-state index contributed by atoms with van der Waals surface area (Å²) in [5.41, 5.74) is 2.34. The zero-order valence-electron chi connectivity index (χ0n) is 18.2. The first-order valence-corrected chi connectivity index (χ1v) is 11.5. The Morgan fingerprint density at radius 1 is 1.20 bits per heavy atom. The zero-order valence-corrected chi connectivity index (χ0v) is 18.2. The number of benzene rings is 1. The van der Waals surface area contributed by atoms with Crippen molar-refractivity contribution in [2.75, 3.05) is 39.3 Å². The summed E-state index contributed by atoms with van der Waals surface area (Å²) in [5.74, 6) is 0.296. The number of aliphatic hydroxyl groups excluding tert-OH is 1. The van der Waals surface area contributed by atoms with E-state index in [9.17, 15) is 14.7 Å². The molecule has 3 saturated heterocycles. The molecule has 1 N–H and O–H groups in total. The van der Waals surface area contributed by atoms with E-state index >= 15 is 0 Å². The second-order valence-corrected chi connectivity index (χ2v) is 9.52. The molecule has 3 heterocycles. The molecule has 2 atom stereocenters. The first-order valence-electron chi connectivity index (χ1n) is 11.5. The minimum absolute atomic E-state index is 0.122. The number of nitrogens with zero attached hydrogens (tertiary/aromatic N) is 3. The molecule has 3 aliphatic heterocycles. The van der Waals surface area contributed by atoms with Gasteiger partial charge in [-0.2, -0.15) is 0 Å². The van der Waals surface area contributed by atoms with Gasteiger partial charge >= 0.3 is 0 Å². The largest absolute Gasteiger partial charge is 0.392 e. The van der Waals surface area contributed by atoms with Gasteiger partial charge in [0.1, 0.15) is 0 Å². The molecule has 3 fully saturated rings. The molecule has 6 nitrogen and oxygen atoms in total. The molecular formula is C24H35N3O3. The van der Waals surface area contributed by atoms with Crippen molar-refractivity contribution >= 4 is 11.8 Å². The Bertz CT molecular complexity index is 783. The highest BCUT2D eigenvalue weighted by Crippen LogP contribution is 2.39. The van der Waals surface area contributed by atoms with Gasteiger partial charge in [0.15, 0.2) is 0 Å². The van der Waals surface area contributed by atoms with E-state index in [4.69, 9.17) is 0 Å². The molecule has 0 radical (unpaired) electrons. The summed E-state index contributed by atoms with van der Waals surface area (Å²) in [6.45, 7) is 7.43. The van der Waals surface area contributed by atoms with E-state index in [1.165, 1.54) is 11.1 Å². The van der Waals surface area contributed by atoms with Crippen LogP contribution in [0.5, 0.6) is 0 Å². The predicted molar refractivity (Wildman–Crippen MR) is 116 cm³/mol. The van der Waals surface area contributed by atoms with Gasteiger partial charge in [-0.25, -0.2) is 0 Å². The normalized spacial score (nSPS) is 27.8. The van der Waals surface area contributed by atoms with Crippen LogP contribution >= 0.6 is 0 Å². The highest BCUT2D eigenvalue weighted by Gasteiger charge is 2.46. The van der Waals surface area contributed by atoms with Crippen LogP contribution in [-0.4, -0.2) is 77.0 Å². The molecule has 6 heteroatoms. The molecule has 1 aromatic rings. The highest BCUT2D eigenvalue weighted by atomic mass is 16.3. The Morgan fingerprint density at radius 2 is 2.07 bits per heavy atom. The summed E-state index contributed by atoms with van der Waals surface area (Å²) in [6, 6.07) is 8.62. The van der Waals surface area contributed by atoms with Gasteiger partial charge in [-0.15, -0.1) is 0 Å². The minimum atomic E-state index is -0.359. The van der Waals surface area contributed by atoms with Crippen LogP contribution in [0.15, 0.2) is 24.3 Å². The second kappa shape index (κ2) is 9.06. The maximum absolute atomic E-state index is 12.9. The molecule has 2 amide bonds. The molecule has 0 bridgehead atoms. The van der Waals surface area contributed by atoms with Gasteiger partial charge in [0.25, 0.3) is 0 Å². The number of amides is 2. The average molecular weight is 414 g/mol. The summed E-state index contributed by atoms with van der Waals surface area (Å²) in [6.07, 6.45) is 4.21. The lowest BCUT2D eigenvalue weighted by molar-refractivity contribution is -0.142. The summed E-state index contributed by atoms with van der Waals surface area (Å²) < 4.78 is 0. The minimum Gasteiger partial charge on any atom is -0.392 e. The topological polar surface area (TPSA) is 64.1 Å². The van der Waals surface area contributed by atoms with Gasteiger partial charge in [0, 0.05) is 64.1 Å². The van der Waals surface area contributed by atoms with E-state index in [1.54, 1.807) is 0 Å². The van der Waals surface area contributed by atoms with Crippen LogP contribution in [0.4, 0.5) is 0 Å². The number of rotatable bonds is 5. The SMILES string of the molecule is Cc1cccc(CN2CC[C@@H](O)[C@]3(CCCN(C(=O)CCN4CCCC4=O)C3)C2)c1. The standard InChI is InChI=1S/C24H35N3O3/c1-19-5-2-6-20(15-19)16-25-13-8-21(28)24(17-25)10-4-12-27(18-24)23(30)9-14-26-11-3-7-22(26)29/h2,5-6,15,21,28H,3-4,7-14,16-18H2,1H3/t21-,24-/m1/s1. The maximum atomic E-state index is 12.9. The van der Waals surface area contributed by atoms with Crippen LogP contribution < -0.4 is 0 Å². The van der Waals surface area contributed by atoms with E-state index in [1.807, 2.05) is 9.80 Å². The average Bonchev–Trinajstić information content (AvgIpc) is 3.14. The molecular weight excluding hydrogens is 378 g/mol. The molecule has 4 rings (SSSR count). The van der Waals surface area contributed by atoms with Gasteiger partial charge in [0.2, 0.25) is 11.8 Å². The molecule has 164 valence electrons. The van der Waals surface area contributed by atoms with Crippen LogP contribution in [-0.2, 0) is 16.1 Å². The van der Waals surface area contributed by atoms with Crippen molar-refractivity contribution in [2.24, 2.45) is 5.41 Å². The monoisotopic (exact) mass is 413 g/mol. The van der Waals surface area contributed by atoms with Gasteiger partial charge in [-0.3, -0.25) is 14.5 Å². The first-order chi connectivity index (χ1) is 14.4. The third kappa shape index (κ3) is 4.70. The summed E-state index contributed by atoms with van der Waals surface area (Å²) in [7, 11) is 0. The Morgan fingerprint density at radius 3 is 2.83 bits per heavy atom. The Hall–Kier alpha value is -1.92. The maximum Gasteiger partial charge on any atom is 0.224 e. The van der Waals surface area contributed by atoms with Crippen LogP contribution in [0.1, 0.15) is 49.7 Å². The number of likely N-dealkylation sites (tertiary alicyclic amines) is 3. The quantitative estimate of drug-likeness (QED) is 0.804. The highest BCUT2D eigenvalue weighted by molar-refractivity contribution is 5.80. The first kappa shape index (κ1) is 21.3. The number of aryl methyl sites for hydroxylation is 1. The summed E-state index contributed by atoms with van der Waals surface area (Å²) >= 11 is 0. The van der Waals surface area contributed by atoms with Crippen molar-refractivity contribution < 1.29 is 14.7 Å².